The molecule has 2 heteroatoms. The molecule has 2 rings (SSSR count). The minimum Gasteiger partial charge on any atom is -0.391 e. The van der Waals surface area contributed by atoms with Crippen LogP contribution in [0.5, 0.6) is 0 Å². The first-order chi connectivity index (χ1) is 10.6. The summed E-state index contributed by atoms with van der Waals surface area (Å²) in [7, 11) is 0. The molecule has 118 valence electrons. The summed E-state index contributed by atoms with van der Waals surface area (Å²) in [6.45, 7) is 7.05. The molecule has 0 heterocycles. The van der Waals surface area contributed by atoms with Crippen LogP contribution in [-0.4, -0.2) is 29.2 Å². The second-order valence-corrected chi connectivity index (χ2v) is 6.42. The predicted molar refractivity (Wildman–Crippen MR) is 92.7 cm³/mol. The molecule has 2 aromatic rings. The van der Waals surface area contributed by atoms with Gasteiger partial charge in [-0.05, 0) is 23.5 Å². The highest BCUT2D eigenvalue weighted by Crippen LogP contribution is 2.10. The van der Waals surface area contributed by atoms with Crippen LogP contribution in [0.4, 0.5) is 0 Å². The van der Waals surface area contributed by atoms with E-state index in [1.54, 1.807) is 0 Å². The molecular weight excluding hydrogens is 270 g/mol. The fraction of sp³-hybridized carbons (Fsp3) is 0.400. The first-order valence-electron chi connectivity index (χ1n) is 8.11. The number of rotatable bonds is 8. The molecule has 2 aromatic carbocycles. The van der Waals surface area contributed by atoms with Crippen molar-refractivity contribution < 1.29 is 5.11 Å². The van der Waals surface area contributed by atoms with Crippen molar-refractivity contribution >= 4 is 0 Å². The van der Waals surface area contributed by atoms with Crippen LogP contribution in [0.2, 0.25) is 0 Å². The smallest absolute Gasteiger partial charge is 0.0707 e. The van der Waals surface area contributed by atoms with Crippen molar-refractivity contribution in [2.45, 2.75) is 32.9 Å². The van der Waals surface area contributed by atoms with Gasteiger partial charge in [0.25, 0.3) is 0 Å². The van der Waals surface area contributed by atoms with Gasteiger partial charge in [-0.25, -0.2) is 0 Å². The lowest BCUT2D eigenvalue weighted by Gasteiger charge is -2.27. The zero-order chi connectivity index (χ0) is 15.8. The monoisotopic (exact) mass is 297 g/mol. The first kappa shape index (κ1) is 16.7. The maximum Gasteiger partial charge on any atom is 0.0707 e. The molecule has 0 saturated carbocycles. The lowest BCUT2D eigenvalue weighted by molar-refractivity contribution is 0.102. The summed E-state index contributed by atoms with van der Waals surface area (Å²) in [5, 5.41) is 10.4. The topological polar surface area (TPSA) is 23.5 Å². The van der Waals surface area contributed by atoms with Crippen molar-refractivity contribution in [2.75, 3.05) is 13.1 Å². The Morgan fingerprint density at radius 2 is 1.36 bits per heavy atom. The van der Waals surface area contributed by atoms with Crippen LogP contribution in [0.15, 0.2) is 60.7 Å². The van der Waals surface area contributed by atoms with Crippen LogP contribution in [-0.2, 0) is 13.0 Å². The molecule has 0 spiro atoms. The van der Waals surface area contributed by atoms with Gasteiger partial charge in [0.1, 0.15) is 0 Å². The Kier molecular flexibility index (Phi) is 6.63. The van der Waals surface area contributed by atoms with Crippen molar-refractivity contribution in [3.05, 3.63) is 71.8 Å². The van der Waals surface area contributed by atoms with Crippen LogP contribution in [0.3, 0.4) is 0 Å². The molecule has 0 aliphatic carbocycles. The van der Waals surface area contributed by atoms with Crippen molar-refractivity contribution in [1.29, 1.82) is 0 Å². The van der Waals surface area contributed by atoms with E-state index in [2.05, 4.69) is 55.1 Å². The second-order valence-electron chi connectivity index (χ2n) is 6.42. The summed E-state index contributed by atoms with van der Waals surface area (Å²) in [4.78, 5) is 2.35. The maximum absolute atomic E-state index is 10.4. The number of aliphatic hydroxyl groups is 1. The largest absolute Gasteiger partial charge is 0.391 e. The summed E-state index contributed by atoms with van der Waals surface area (Å²) >= 11 is 0. The molecule has 22 heavy (non-hydrogen) atoms. The predicted octanol–water partition coefficient (Wildman–Crippen LogP) is 3.75. The van der Waals surface area contributed by atoms with Crippen LogP contribution in [0.1, 0.15) is 25.0 Å². The number of benzene rings is 2. The molecule has 1 N–H and O–H groups in total. The number of nitrogens with zero attached hydrogens (tertiary/aromatic N) is 1. The molecule has 0 bridgehead atoms. The van der Waals surface area contributed by atoms with E-state index in [-0.39, 0.29) is 6.10 Å². The third kappa shape index (κ3) is 6.00. The minimum absolute atomic E-state index is 0.329. The Labute approximate surface area is 134 Å². The molecule has 0 aliphatic rings. The summed E-state index contributed by atoms with van der Waals surface area (Å²) < 4.78 is 0. The highest BCUT2D eigenvalue weighted by Gasteiger charge is 2.14. The van der Waals surface area contributed by atoms with Crippen molar-refractivity contribution in [2.24, 2.45) is 5.92 Å². The maximum atomic E-state index is 10.4. The summed E-state index contributed by atoms with van der Waals surface area (Å²) in [5.41, 5.74) is 2.49. The van der Waals surface area contributed by atoms with Gasteiger partial charge in [-0.1, -0.05) is 74.5 Å². The van der Waals surface area contributed by atoms with Gasteiger partial charge in [0, 0.05) is 19.6 Å². The summed E-state index contributed by atoms with van der Waals surface area (Å²) in [5.74, 6) is 0.590. The van der Waals surface area contributed by atoms with Crippen LogP contribution in [0.25, 0.3) is 0 Å². The van der Waals surface area contributed by atoms with E-state index in [0.29, 0.717) is 18.9 Å². The highest BCUT2D eigenvalue weighted by molar-refractivity contribution is 5.16. The average molecular weight is 297 g/mol. The van der Waals surface area contributed by atoms with E-state index in [9.17, 15) is 5.11 Å². The summed E-state index contributed by atoms with van der Waals surface area (Å²) in [6, 6.07) is 20.7. The number of hydrogen-bond donors (Lipinski definition) is 1. The Morgan fingerprint density at radius 1 is 0.818 bits per heavy atom. The molecule has 1 atom stereocenters. The second kappa shape index (κ2) is 8.72. The number of hydrogen-bond acceptors (Lipinski definition) is 2. The van der Waals surface area contributed by atoms with Crippen LogP contribution < -0.4 is 0 Å². The van der Waals surface area contributed by atoms with E-state index in [0.717, 1.165) is 13.1 Å². The number of aliphatic hydroxyl groups excluding tert-OH is 1. The summed E-state index contributed by atoms with van der Waals surface area (Å²) in [6.07, 6.45) is 0.384. The molecule has 0 fully saturated rings. The highest BCUT2D eigenvalue weighted by atomic mass is 16.3. The van der Waals surface area contributed by atoms with Crippen LogP contribution in [0, 0.1) is 5.92 Å². The Bertz CT molecular complexity index is 524. The Hall–Kier alpha value is -1.64. The molecule has 2 nitrogen and oxygen atoms in total. The molecule has 0 aromatic heterocycles. The van der Waals surface area contributed by atoms with Gasteiger partial charge < -0.3 is 5.11 Å². The molecule has 0 radical (unpaired) electrons. The molecule has 0 unspecified atom stereocenters. The van der Waals surface area contributed by atoms with Gasteiger partial charge in [0.2, 0.25) is 0 Å². The molecule has 0 amide bonds. The quantitative estimate of drug-likeness (QED) is 0.802. The van der Waals surface area contributed by atoms with Gasteiger partial charge in [-0.15, -0.1) is 0 Å². The van der Waals surface area contributed by atoms with Gasteiger partial charge in [-0.2, -0.15) is 0 Å². The normalized spacial score (nSPS) is 12.8. The van der Waals surface area contributed by atoms with Gasteiger partial charge in [0.15, 0.2) is 0 Å². The van der Waals surface area contributed by atoms with Gasteiger partial charge >= 0.3 is 0 Å². The lowest BCUT2D eigenvalue weighted by Crippen LogP contribution is -2.35. The van der Waals surface area contributed by atoms with Crippen molar-refractivity contribution in [3.63, 3.8) is 0 Å². The van der Waals surface area contributed by atoms with E-state index >= 15 is 0 Å². The first-order valence-corrected chi connectivity index (χ1v) is 8.11. The van der Waals surface area contributed by atoms with Crippen molar-refractivity contribution in [3.8, 4) is 0 Å². The van der Waals surface area contributed by atoms with E-state index < -0.39 is 0 Å². The van der Waals surface area contributed by atoms with E-state index in [1.165, 1.54) is 11.1 Å². The zero-order valence-electron chi connectivity index (χ0n) is 13.7. The zero-order valence-corrected chi connectivity index (χ0v) is 13.7. The fourth-order valence-corrected chi connectivity index (χ4v) is 2.81. The average Bonchev–Trinajstić information content (AvgIpc) is 2.48. The standard InChI is InChI=1S/C20H27NO/c1-17(2)14-21(15-19-11-7-4-8-12-19)16-20(22)13-18-9-5-3-6-10-18/h3-12,17,20,22H,13-16H2,1-2H3/t20-/m0/s1. The molecule has 0 aliphatic heterocycles. The van der Waals surface area contributed by atoms with E-state index in [1.807, 2.05) is 24.3 Å². The third-order valence-corrected chi connectivity index (χ3v) is 3.66. The minimum atomic E-state index is -0.329. The fourth-order valence-electron chi connectivity index (χ4n) is 2.81. The molecule has 0 saturated heterocycles. The van der Waals surface area contributed by atoms with Crippen LogP contribution >= 0.6 is 0 Å². The van der Waals surface area contributed by atoms with Gasteiger partial charge in [0.05, 0.1) is 6.10 Å². The lowest BCUT2D eigenvalue weighted by atomic mass is 10.1. The van der Waals surface area contributed by atoms with E-state index in [4.69, 9.17) is 0 Å². The Morgan fingerprint density at radius 3 is 1.91 bits per heavy atom. The third-order valence-electron chi connectivity index (χ3n) is 3.66. The van der Waals surface area contributed by atoms with Gasteiger partial charge in [-0.3, -0.25) is 4.90 Å². The van der Waals surface area contributed by atoms with Crippen molar-refractivity contribution in [1.82, 2.24) is 4.90 Å². The molecular formula is C20H27NO. The Balaban J connectivity index is 1.93. The SMILES string of the molecule is CC(C)CN(Cc1ccccc1)C[C@@H](O)Cc1ccccc1.